The predicted molar refractivity (Wildman–Crippen MR) is 125 cm³/mol. The molecule has 0 aliphatic heterocycles. The number of aliphatic hydroxyl groups excluding tert-OH is 1. The summed E-state index contributed by atoms with van der Waals surface area (Å²) in [4.78, 5) is 22.5. The molecule has 2 fully saturated rings. The molecule has 9 heteroatoms. The highest BCUT2D eigenvalue weighted by Crippen LogP contribution is 2.41. The van der Waals surface area contributed by atoms with Crippen molar-refractivity contribution in [1.29, 1.82) is 0 Å². The van der Waals surface area contributed by atoms with Crippen molar-refractivity contribution in [3.8, 4) is 11.3 Å². The second kappa shape index (κ2) is 7.55. The highest BCUT2D eigenvalue weighted by Gasteiger charge is 2.32. The highest BCUT2D eigenvalue weighted by atomic mass is 16.3. The van der Waals surface area contributed by atoms with Crippen molar-refractivity contribution in [2.45, 2.75) is 50.8 Å². The lowest BCUT2D eigenvalue weighted by atomic mass is 9.82. The molecule has 2 saturated carbocycles. The maximum atomic E-state index is 12.9. The molecule has 0 aromatic carbocycles. The molecule has 4 aromatic heterocycles. The fourth-order valence-electron chi connectivity index (χ4n) is 4.99. The zero-order valence-electron chi connectivity index (χ0n) is 18.7. The first-order valence-electron chi connectivity index (χ1n) is 11.5. The third kappa shape index (κ3) is 3.18. The van der Waals surface area contributed by atoms with Gasteiger partial charge in [-0.1, -0.05) is 6.92 Å². The Morgan fingerprint density at radius 2 is 2.09 bits per heavy atom. The van der Waals surface area contributed by atoms with Crippen LogP contribution in [0.25, 0.3) is 27.9 Å². The Labute approximate surface area is 190 Å². The van der Waals surface area contributed by atoms with Crippen LogP contribution >= 0.6 is 0 Å². The van der Waals surface area contributed by atoms with Crippen LogP contribution < -0.4 is 10.6 Å². The van der Waals surface area contributed by atoms with E-state index in [0.29, 0.717) is 23.7 Å². The molecule has 1 amide bonds. The number of nitrogens with zero attached hydrogens (tertiary/aromatic N) is 5. The van der Waals surface area contributed by atoms with Crippen molar-refractivity contribution in [3.63, 3.8) is 0 Å². The number of hydrogen-bond donors (Lipinski definition) is 3. The Morgan fingerprint density at radius 1 is 1.24 bits per heavy atom. The molecule has 2 aliphatic rings. The summed E-state index contributed by atoms with van der Waals surface area (Å²) < 4.78 is 3.91. The predicted octanol–water partition coefficient (Wildman–Crippen LogP) is 3.01. The molecule has 170 valence electrons. The van der Waals surface area contributed by atoms with Crippen molar-refractivity contribution in [3.05, 3.63) is 42.4 Å². The summed E-state index contributed by atoms with van der Waals surface area (Å²) in [5.41, 5.74) is 3.57. The molecule has 0 radical (unpaired) electrons. The van der Waals surface area contributed by atoms with E-state index in [1.165, 1.54) is 6.20 Å². The molecule has 2 unspecified atom stereocenters. The Bertz CT molecular complexity index is 1370. The third-order valence-corrected chi connectivity index (χ3v) is 7.13. The summed E-state index contributed by atoms with van der Waals surface area (Å²) in [6, 6.07) is 6.20. The molecule has 4 heterocycles. The van der Waals surface area contributed by atoms with E-state index in [2.05, 4.69) is 44.5 Å². The van der Waals surface area contributed by atoms with Crippen molar-refractivity contribution >= 4 is 28.4 Å². The summed E-state index contributed by atoms with van der Waals surface area (Å²) >= 11 is 0. The van der Waals surface area contributed by atoms with Crippen LogP contribution in [0, 0.1) is 5.92 Å². The number of amides is 1. The minimum atomic E-state index is -0.486. The number of carbonyl (C=O) groups excluding carboxylic acids is 1. The average molecular weight is 446 g/mol. The molecule has 0 saturated heterocycles. The molecule has 2 atom stereocenters. The van der Waals surface area contributed by atoms with E-state index in [4.69, 9.17) is 4.98 Å². The fraction of sp³-hybridized carbons (Fsp3) is 0.417. The Balaban J connectivity index is 1.46. The van der Waals surface area contributed by atoms with E-state index in [9.17, 15) is 9.90 Å². The second-order valence-electron chi connectivity index (χ2n) is 9.35. The Morgan fingerprint density at radius 3 is 2.79 bits per heavy atom. The van der Waals surface area contributed by atoms with Gasteiger partial charge in [0, 0.05) is 42.5 Å². The van der Waals surface area contributed by atoms with Gasteiger partial charge in [0.25, 0.3) is 5.91 Å². The minimum Gasteiger partial charge on any atom is -0.391 e. The van der Waals surface area contributed by atoms with E-state index in [0.717, 1.165) is 53.3 Å². The molecular weight excluding hydrogens is 418 g/mol. The van der Waals surface area contributed by atoms with E-state index in [1.54, 1.807) is 4.52 Å². The summed E-state index contributed by atoms with van der Waals surface area (Å²) in [5.74, 6) is 1.19. The van der Waals surface area contributed by atoms with Crippen LogP contribution in [0.2, 0.25) is 0 Å². The number of carbonyl (C=O) groups is 1. The van der Waals surface area contributed by atoms with E-state index in [1.807, 2.05) is 25.4 Å². The maximum Gasteiger partial charge on any atom is 0.257 e. The van der Waals surface area contributed by atoms with Gasteiger partial charge >= 0.3 is 0 Å². The lowest BCUT2D eigenvalue weighted by molar-refractivity contribution is 0.0448. The van der Waals surface area contributed by atoms with Gasteiger partial charge < -0.3 is 20.3 Å². The molecule has 0 spiro atoms. The van der Waals surface area contributed by atoms with Crippen molar-refractivity contribution in [2.24, 2.45) is 5.92 Å². The number of fused-ring (bicyclic) bond motifs is 2. The SMILES string of the molecule is CNc1cc(-c2cn(C3CC(C)C3)c3ncccc23)nc2c(C(=O)NC3CCC3O)cnn12. The zero-order chi connectivity index (χ0) is 22.7. The van der Waals surface area contributed by atoms with Crippen molar-refractivity contribution in [1.82, 2.24) is 29.5 Å². The van der Waals surface area contributed by atoms with E-state index < -0.39 is 6.10 Å². The Kier molecular flexibility index (Phi) is 4.62. The van der Waals surface area contributed by atoms with Crippen LogP contribution in [0.3, 0.4) is 0 Å². The van der Waals surface area contributed by atoms with Crippen LogP contribution in [0.4, 0.5) is 5.82 Å². The number of pyridine rings is 1. The standard InChI is InChI=1S/C24H27N7O2/c1-13-8-14(9-13)30-12-17(15-4-3-7-26-22(15)30)19-10-21(25-2)31-23(28-19)16(11-27-31)24(33)29-18-5-6-20(18)32/h3-4,7,10-14,18,20,25,32H,5-6,8-9H2,1-2H3,(H,29,33). The molecule has 2 aliphatic carbocycles. The quantitative estimate of drug-likeness (QED) is 0.436. The lowest BCUT2D eigenvalue weighted by Gasteiger charge is -2.34. The van der Waals surface area contributed by atoms with Crippen LogP contribution in [0.1, 0.15) is 49.0 Å². The van der Waals surface area contributed by atoms with Crippen LogP contribution in [-0.2, 0) is 0 Å². The number of rotatable bonds is 5. The smallest absolute Gasteiger partial charge is 0.257 e. The molecule has 6 rings (SSSR count). The normalized spacial score (nSPS) is 24.5. The zero-order valence-corrected chi connectivity index (χ0v) is 18.7. The Hall–Kier alpha value is -3.46. The highest BCUT2D eigenvalue weighted by molar-refractivity contribution is 6.01. The first kappa shape index (κ1) is 20.2. The summed E-state index contributed by atoms with van der Waals surface area (Å²) in [7, 11) is 1.82. The van der Waals surface area contributed by atoms with E-state index in [-0.39, 0.29) is 11.9 Å². The monoisotopic (exact) mass is 445 g/mol. The number of aliphatic hydroxyl groups is 1. The molecule has 9 nitrogen and oxygen atoms in total. The molecule has 0 bridgehead atoms. The van der Waals surface area contributed by atoms with Crippen LogP contribution in [0.15, 0.2) is 36.8 Å². The van der Waals surface area contributed by atoms with Gasteiger partial charge in [-0.2, -0.15) is 9.61 Å². The number of hydrogen-bond acceptors (Lipinski definition) is 6. The first-order valence-corrected chi connectivity index (χ1v) is 11.5. The third-order valence-electron chi connectivity index (χ3n) is 7.13. The number of anilines is 1. The number of nitrogens with one attached hydrogen (secondary N) is 2. The van der Waals surface area contributed by atoms with Gasteiger partial charge in [0.2, 0.25) is 0 Å². The summed E-state index contributed by atoms with van der Waals surface area (Å²) in [6.45, 7) is 2.28. The second-order valence-corrected chi connectivity index (χ2v) is 9.35. The summed E-state index contributed by atoms with van der Waals surface area (Å²) in [6.07, 6.45) is 8.81. The first-order chi connectivity index (χ1) is 16.0. The number of aromatic nitrogens is 5. The van der Waals surface area contributed by atoms with Gasteiger partial charge in [-0.15, -0.1) is 0 Å². The summed E-state index contributed by atoms with van der Waals surface area (Å²) in [5, 5.41) is 21.4. The maximum absolute atomic E-state index is 12.9. The van der Waals surface area contributed by atoms with Crippen LogP contribution in [0.5, 0.6) is 0 Å². The topological polar surface area (TPSA) is 109 Å². The lowest BCUT2D eigenvalue weighted by Crippen LogP contribution is -2.50. The molecule has 33 heavy (non-hydrogen) atoms. The average Bonchev–Trinajstić information content (AvgIpc) is 3.40. The van der Waals surface area contributed by atoms with Crippen molar-refractivity contribution in [2.75, 3.05) is 12.4 Å². The molecule has 3 N–H and O–H groups in total. The van der Waals surface area contributed by atoms with Gasteiger partial charge in [-0.05, 0) is 43.7 Å². The van der Waals surface area contributed by atoms with E-state index >= 15 is 0 Å². The van der Waals surface area contributed by atoms with Crippen molar-refractivity contribution < 1.29 is 9.90 Å². The van der Waals surface area contributed by atoms with Gasteiger partial charge in [0.15, 0.2) is 5.65 Å². The van der Waals surface area contributed by atoms with Gasteiger partial charge in [-0.25, -0.2) is 9.97 Å². The van der Waals surface area contributed by atoms with Gasteiger partial charge in [-0.3, -0.25) is 4.79 Å². The van der Waals surface area contributed by atoms with Gasteiger partial charge in [0.1, 0.15) is 17.0 Å². The van der Waals surface area contributed by atoms with Gasteiger partial charge in [0.05, 0.1) is 24.0 Å². The minimum absolute atomic E-state index is 0.215. The fourth-order valence-corrected chi connectivity index (χ4v) is 4.99. The molecular formula is C24H27N7O2. The van der Waals surface area contributed by atoms with Crippen LogP contribution in [-0.4, -0.2) is 54.4 Å². The molecule has 4 aromatic rings. The largest absolute Gasteiger partial charge is 0.391 e.